The van der Waals surface area contributed by atoms with E-state index in [0.29, 0.717) is 6.07 Å². The van der Waals surface area contributed by atoms with Crippen molar-refractivity contribution in [3.05, 3.63) is 77.1 Å². The van der Waals surface area contributed by atoms with Crippen LogP contribution in [0.15, 0.2) is 59.5 Å². The molecular formula is C27H24F4N2O8S. The predicted molar refractivity (Wildman–Crippen MR) is 140 cm³/mol. The average molecular weight is 613 g/mol. The number of phenols is 3. The summed E-state index contributed by atoms with van der Waals surface area (Å²) in [7, 11) is -4.21. The zero-order valence-corrected chi connectivity index (χ0v) is 22.7. The Labute approximate surface area is 237 Å². The smallest absolute Gasteiger partial charge is 0.417 e. The molecule has 1 amide bonds. The van der Waals surface area contributed by atoms with Crippen molar-refractivity contribution in [2.45, 2.75) is 36.9 Å². The van der Waals surface area contributed by atoms with Crippen LogP contribution in [0.25, 0.3) is 0 Å². The van der Waals surface area contributed by atoms with E-state index in [2.05, 4.69) is 0 Å². The summed E-state index contributed by atoms with van der Waals surface area (Å²) in [5.41, 5.74) is -5.00. The van der Waals surface area contributed by atoms with Crippen LogP contribution in [-0.4, -0.2) is 51.9 Å². The molecule has 0 bridgehead atoms. The van der Waals surface area contributed by atoms with Crippen LogP contribution in [-0.2, 0) is 20.8 Å². The SMILES string of the molecule is CC(O)(CS(=O)(=O)c1ccc(F)cc1)C(=O)Nc1ccc(C#N)c(C(F)(F)F)c1.CCC(=O)c1c(O)cc(O)cc1O. The first-order valence-corrected chi connectivity index (χ1v) is 13.4. The van der Waals surface area contributed by atoms with E-state index in [1.165, 1.54) is 6.07 Å². The van der Waals surface area contributed by atoms with Gasteiger partial charge in [-0.15, -0.1) is 0 Å². The summed E-state index contributed by atoms with van der Waals surface area (Å²) < 4.78 is 76.6. The topological polar surface area (TPSA) is 185 Å². The van der Waals surface area contributed by atoms with E-state index in [-0.39, 0.29) is 34.1 Å². The van der Waals surface area contributed by atoms with Crippen LogP contribution in [0.1, 0.15) is 41.8 Å². The van der Waals surface area contributed by atoms with Crippen LogP contribution < -0.4 is 5.32 Å². The molecule has 0 aliphatic carbocycles. The van der Waals surface area contributed by atoms with Gasteiger partial charge in [-0.25, -0.2) is 12.8 Å². The third-order valence-electron chi connectivity index (χ3n) is 5.52. The van der Waals surface area contributed by atoms with Gasteiger partial charge in [-0.3, -0.25) is 9.59 Å². The minimum Gasteiger partial charge on any atom is -0.508 e. The number of anilines is 1. The molecule has 0 aliphatic rings. The normalized spacial score (nSPS) is 12.7. The van der Waals surface area contributed by atoms with Crippen LogP contribution in [0, 0.1) is 17.1 Å². The molecule has 224 valence electrons. The number of rotatable bonds is 7. The highest BCUT2D eigenvalue weighted by molar-refractivity contribution is 7.91. The Balaban J connectivity index is 0.000000395. The maximum Gasteiger partial charge on any atom is 0.417 e. The Morgan fingerprint density at radius 2 is 1.52 bits per heavy atom. The lowest BCUT2D eigenvalue weighted by Gasteiger charge is -2.22. The van der Waals surface area contributed by atoms with E-state index in [9.17, 15) is 50.9 Å². The zero-order valence-electron chi connectivity index (χ0n) is 21.9. The fourth-order valence-corrected chi connectivity index (χ4v) is 5.03. The number of amides is 1. The molecule has 1 atom stereocenters. The number of hydrogen-bond acceptors (Lipinski definition) is 9. The molecule has 10 nitrogen and oxygen atoms in total. The van der Waals surface area contributed by atoms with Crippen molar-refractivity contribution < 1.29 is 56.0 Å². The van der Waals surface area contributed by atoms with Crippen molar-refractivity contribution in [2.75, 3.05) is 11.1 Å². The number of halogens is 4. The maximum absolute atomic E-state index is 13.0. The predicted octanol–water partition coefficient (Wildman–Crippen LogP) is 4.28. The lowest BCUT2D eigenvalue weighted by Crippen LogP contribution is -2.45. The van der Waals surface area contributed by atoms with Crippen molar-refractivity contribution in [2.24, 2.45) is 0 Å². The molecule has 5 N–H and O–H groups in total. The van der Waals surface area contributed by atoms with E-state index in [1.54, 1.807) is 6.92 Å². The highest BCUT2D eigenvalue weighted by Crippen LogP contribution is 2.34. The van der Waals surface area contributed by atoms with Crippen LogP contribution >= 0.6 is 0 Å². The minimum atomic E-state index is -4.86. The number of hydrogen-bond donors (Lipinski definition) is 5. The minimum absolute atomic E-state index is 0.139. The quantitative estimate of drug-likeness (QED) is 0.148. The highest BCUT2D eigenvalue weighted by atomic mass is 32.2. The van der Waals surface area contributed by atoms with Crippen LogP contribution in [0.3, 0.4) is 0 Å². The number of carbonyl (C=O) groups is 2. The van der Waals surface area contributed by atoms with Gasteiger partial charge in [0.1, 0.15) is 28.6 Å². The van der Waals surface area contributed by atoms with Gasteiger partial charge in [0.2, 0.25) is 0 Å². The Morgan fingerprint density at radius 1 is 0.976 bits per heavy atom. The molecule has 3 aromatic rings. The molecule has 0 fully saturated rings. The van der Waals surface area contributed by atoms with Crippen LogP contribution in [0.2, 0.25) is 0 Å². The fraction of sp³-hybridized carbons (Fsp3) is 0.222. The summed E-state index contributed by atoms with van der Waals surface area (Å²) in [6.07, 6.45) is -4.67. The molecule has 0 saturated heterocycles. The number of ketones is 1. The lowest BCUT2D eigenvalue weighted by molar-refractivity contribution is -0.137. The number of benzene rings is 3. The van der Waals surface area contributed by atoms with Gasteiger partial charge < -0.3 is 25.7 Å². The van der Waals surface area contributed by atoms with Gasteiger partial charge in [0, 0.05) is 24.2 Å². The first kappa shape index (κ1) is 33.5. The second kappa shape index (κ2) is 12.9. The molecule has 1 unspecified atom stereocenters. The van der Waals surface area contributed by atoms with Gasteiger partial charge in [-0.2, -0.15) is 18.4 Å². The van der Waals surface area contributed by atoms with E-state index < -0.39 is 61.7 Å². The molecule has 3 rings (SSSR count). The Morgan fingerprint density at radius 3 is 2.00 bits per heavy atom. The molecule has 0 aromatic heterocycles. The van der Waals surface area contributed by atoms with Gasteiger partial charge >= 0.3 is 6.18 Å². The number of nitrogens with zero attached hydrogens (tertiary/aromatic N) is 1. The summed E-state index contributed by atoms with van der Waals surface area (Å²) in [6.45, 7) is 2.49. The molecule has 0 heterocycles. The molecular weight excluding hydrogens is 588 g/mol. The number of phenolic OH excluding ortho intramolecular Hbond substituents is 3. The van der Waals surface area contributed by atoms with E-state index in [4.69, 9.17) is 10.4 Å². The van der Waals surface area contributed by atoms with Crippen molar-refractivity contribution in [3.63, 3.8) is 0 Å². The van der Waals surface area contributed by atoms with E-state index in [1.807, 2.05) is 5.32 Å². The van der Waals surface area contributed by atoms with Crippen LogP contribution in [0.5, 0.6) is 17.2 Å². The number of aliphatic hydroxyl groups is 1. The third-order valence-corrected chi connectivity index (χ3v) is 7.45. The molecule has 0 aliphatic heterocycles. The number of nitriles is 1. The van der Waals surface area contributed by atoms with Gasteiger partial charge in [0.15, 0.2) is 21.2 Å². The number of sulfone groups is 1. The number of nitrogens with one attached hydrogen (secondary N) is 1. The van der Waals surface area contributed by atoms with Gasteiger partial charge in [0.25, 0.3) is 5.91 Å². The average Bonchev–Trinajstić information content (AvgIpc) is 2.87. The van der Waals surface area contributed by atoms with Crippen molar-refractivity contribution >= 4 is 27.2 Å². The first-order chi connectivity index (χ1) is 19.3. The summed E-state index contributed by atoms with van der Waals surface area (Å²) in [5, 5.41) is 48.5. The van der Waals surface area contributed by atoms with Crippen molar-refractivity contribution in [1.29, 1.82) is 5.26 Å². The van der Waals surface area contributed by atoms with Gasteiger partial charge in [0.05, 0.1) is 27.8 Å². The molecule has 15 heteroatoms. The van der Waals surface area contributed by atoms with Gasteiger partial charge in [-0.05, 0) is 49.4 Å². The van der Waals surface area contributed by atoms with Gasteiger partial charge in [-0.1, -0.05) is 6.92 Å². The monoisotopic (exact) mass is 612 g/mol. The number of aromatic hydroxyl groups is 3. The molecule has 0 saturated carbocycles. The second-order valence-electron chi connectivity index (χ2n) is 8.95. The van der Waals surface area contributed by atoms with Crippen molar-refractivity contribution in [1.82, 2.24) is 0 Å². The molecule has 0 radical (unpaired) electrons. The maximum atomic E-state index is 13.0. The first-order valence-electron chi connectivity index (χ1n) is 11.7. The molecule has 42 heavy (non-hydrogen) atoms. The highest BCUT2D eigenvalue weighted by Gasteiger charge is 2.38. The fourth-order valence-electron chi connectivity index (χ4n) is 3.44. The summed E-state index contributed by atoms with van der Waals surface area (Å²) in [6, 6.07) is 9.44. The number of Topliss-reactive ketones (excluding diaryl/α,β-unsaturated/α-hetero) is 1. The summed E-state index contributed by atoms with van der Waals surface area (Å²) in [5.74, 6) is -4.50. The number of carbonyl (C=O) groups excluding carboxylic acids is 2. The lowest BCUT2D eigenvalue weighted by atomic mass is 10.1. The Bertz CT molecular complexity index is 1610. The summed E-state index contributed by atoms with van der Waals surface area (Å²) in [4.78, 5) is 23.1. The molecule has 0 spiro atoms. The largest absolute Gasteiger partial charge is 0.508 e. The van der Waals surface area contributed by atoms with Crippen molar-refractivity contribution in [3.8, 4) is 23.3 Å². The number of alkyl halides is 3. The zero-order chi connectivity index (χ0) is 32.0. The third kappa shape index (κ3) is 8.41. The standard InChI is InChI=1S/C18H14F4N2O4S.C9H10O4/c1-17(26,10-29(27,28)14-6-3-12(19)4-7-14)16(25)24-13-5-2-11(9-23)15(8-13)18(20,21)22;1-2-6(11)9-7(12)3-5(10)4-8(9)13/h2-8,26H,10H2,1H3,(H,24,25);3-4,10,12-13H,2H2,1H3. The Kier molecular flexibility index (Phi) is 10.3. The van der Waals surface area contributed by atoms with E-state index >= 15 is 0 Å². The Hall–Kier alpha value is -4.68. The second-order valence-corrected chi connectivity index (χ2v) is 10.9. The van der Waals surface area contributed by atoms with E-state index in [0.717, 1.165) is 55.5 Å². The summed E-state index contributed by atoms with van der Waals surface area (Å²) >= 11 is 0. The molecule has 3 aromatic carbocycles. The van der Waals surface area contributed by atoms with Crippen LogP contribution in [0.4, 0.5) is 23.2 Å².